The number of sulfonamides is 1. The standard InChI is InChI=1S/C23H24N2O3S/c1-15-11-12-17(3)22(13-15)29(27,28)25-20-9-6-8-19(14-20)23(26)24-21-10-5-7-16(2)18(21)4/h5-14,25H,1-4H3,(H,24,26). The summed E-state index contributed by atoms with van der Waals surface area (Å²) in [5, 5.41) is 2.89. The highest BCUT2D eigenvalue weighted by molar-refractivity contribution is 7.92. The molecule has 2 N–H and O–H groups in total. The monoisotopic (exact) mass is 408 g/mol. The average Bonchev–Trinajstić information content (AvgIpc) is 2.67. The van der Waals surface area contributed by atoms with Crippen LogP contribution in [-0.2, 0) is 10.0 Å². The van der Waals surface area contributed by atoms with Crippen LogP contribution in [0.4, 0.5) is 11.4 Å². The molecular weight excluding hydrogens is 384 g/mol. The Morgan fingerprint density at radius 2 is 1.55 bits per heavy atom. The number of carbonyl (C=O) groups excluding carboxylic acids is 1. The average molecular weight is 409 g/mol. The number of hydrogen-bond acceptors (Lipinski definition) is 3. The highest BCUT2D eigenvalue weighted by Crippen LogP contribution is 2.23. The second-order valence-electron chi connectivity index (χ2n) is 7.16. The minimum atomic E-state index is -3.76. The van der Waals surface area contributed by atoms with Crippen LogP contribution in [-0.4, -0.2) is 14.3 Å². The number of amides is 1. The van der Waals surface area contributed by atoms with Gasteiger partial charge in [0.05, 0.1) is 4.90 Å². The molecule has 0 aliphatic rings. The first-order chi connectivity index (χ1) is 13.7. The maximum Gasteiger partial charge on any atom is 0.262 e. The molecule has 0 spiro atoms. The number of aryl methyl sites for hydroxylation is 3. The van der Waals surface area contributed by atoms with Crippen molar-refractivity contribution in [3.8, 4) is 0 Å². The number of anilines is 2. The summed E-state index contributed by atoms with van der Waals surface area (Å²) >= 11 is 0. The van der Waals surface area contributed by atoms with Crippen molar-refractivity contribution in [2.75, 3.05) is 10.0 Å². The SMILES string of the molecule is Cc1ccc(C)c(S(=O)(=O)Nc2cccc(C(=O)Nc3cccc(C)c3C)c2)c1. The van der Waals surface area contributed by atoms with Crippen LogP contribution in [0.3, 0.4) is 0 Å². The van der Waals surface area contributed by atoms with E-state index < -0.39 is 10.0 Å². The van der Waals surface area contributed by atoms with Gasteiger partial charge >= 0.3 is 0 Å². The molecule has 3 aromatic carbocycles. The summed E-state index contributed by atoms with van der Waals surface area (Å²) in [7, 11) is -3.76. The third-order valence-electron chi connectivity index (χ3n) is 4.86. The van der Waals surface area contributed by atoms with Crippen LogP contribution >= 0.6 is 0 Å². The lowest BCUT2D eigenvalue weighted by Crippen LogP contribution is -2.16. The summed E-state index contributed by atoms with van der Waals surface area (Å²) in [5.74, 6) is -0.300. The van der Waals surface area contributed by atoms with Crippen molar-refractivity contribution in [2.24, 2.45) is 0 Å². The minimum Gasteiger partial charge on any atom is -0.322 e. The Hall–Kier alpha value is -3.12. The first-order valence-corrected chi connectivity index (χ1v) is 10.7. The van der Waals surface area contributed by atoms with Crippen LogP contribution in [0.5, 0.6) is 0 Å². The van der Waals surface area contributed by atoms with E-state index in [0.29, 0.717) is 16.8 Å². The van der Waals surface area contributed by atoms with Crippen molar-refractivity contribution < 1.29 is 13.2 Å². The van der Waals surface area contributed by atoms with Gasteiger partial charge < -0.3 is 5.32 Å². The van der Waals surface area contributed by atoms with E-state index in [1.165, 1.54) is 6.07 Å². The van der Waals surface area contributed by atoms with E-state index in [-0.39, 0.29) is 10.8 Å². The van der Waals surface area contributed by atoms with Crippen molar-refractivity contribution >= 4 is 27.3 Å². The maximum atomic E-state index is 12.8. The van der Waals surface area contributed by atoms with Crippen molar-refractivity contribution in [2.45, 2.75) is 32.6 Å². The molecule has 150 valence electrons. The summed E-state index contributed by atoms with van der Waals surface area (Å²) in [6.07, 6.45) is 0. The zero-order chi connectivity index (χ0) is 21.2. The van der Waals surface area contributed by atoms with Gasteiger partial charge in [-0.2, -0.15) is 0 Å². The fourth-order valence-electron chi connectivity index (χ4n) is 3.01. The molecule has 0 saturated carbocycles. The van der Waals surface area contributed by atoms with Crippen LogP contribution in [0, 0.1) is 27.7 Å². The van der Waals surface area contributed by atoms with Gasteiger partial charge in [0.25, 0.3) is 15.9 Å². The molecular formula is C23H24N2O3S. The van der Waals surface area contributed by atoms with E-state index in [4.69, 9.17) is 0 Å². The van der Waals surface area contributed by atoms with E-state index in [1.807, 2.05) is 45.0 Å². The molecule has 29 heavy (non-hydrogen) atoms. The second-order valence-corrected chi connectivity index (χ2v) is 8.81. The molecule has 1 amide bonds. The zero-order valence-corrected chi connectivity index (χ0v) is 17.7. The Morgan fingerprint density at radius 1 is 0.828 bits per heavy atom. The number of nitrogens with one attached hydrogen (secondary N) is 2. The topological polar surface area (TPSA) is 75.3 Å². The molecule has 6 heteroatoms. The smallest absolute Gasteiger partial charge is 0.262 e. The second kappa shape index (κ2) is 8.09. The largest absolute Gasteiger partial charge is 0.322 e. The molecule has 0 atom stereocenters. The van der Waals surface area contributed by atoms with E-state index >= 15 is 0 Å². The van der Waals surface area contributed by atoms with Gasteiger partial charge in [0.15, 0.2) is 0 Å². The van der Waals surface area contributed by atoms with Crippen molar-refractivity contribution in [3.63, 3.8) is 0 Å². The molecule has 0 aliphatic carbocycles. The van der Waals surface area contributed by atoms with Crippen LogP contribution in [0.1, 0.15) is 32.6 Å². The Balaban J connectivity index is 1.85. The summed E-state index contributed by atoms with van der Waals surface area (Å²) in [5.41, 5.74) is 5.03. The van der Waals surface area contributed by atoms with Crippen LogP contribution in [0.25, 0.3) is 0 Å². The lowest BCUT2D eigenvalue weighted by atomic mass is 10.1. The molecule has 0 unspecified atom stereocenters. The summed E-state index contributed by atoms with van der Waals surface area (Å²) in [6.45, 7) is 7.52. The van der Waals surface area contributed by atoms with E-state index in [9.17, 15) is 13.2 Å². The van der Waals surface area contributed by atoms with Gasteiger partial charge in [-0.3, -0.25) is 9.52 Å². The summed E-state index contributed by atoms with van der Waals surface area (Å²) in [6, 6.07) is 17.4. The van der Waals surface area contributed by atoms with Crippen molar-refractivity contribution in [3.05, 3.63) is 88.5 Å². The summed E-state index contributed by atoms with van der Waals surface area (Å²) < 4.78 is 28.2. The van der Waals surface area contributed by atoms with E-state index in [0.717, 1.165) is 22.4 Å². The first kappa shape index (κ1) is 20.6. The van der Waals surface area contributed by atoms with Gasteiger partial charge in [-0.25, -0.2) is 8.42 Å². The molecule has 0 bridgehead atoms. The Kier molecular flexibility index (Phi) is 5.75. The predicted octanol–water partition coefficient (Wildman–Crippen LogP) is 4.97. The highest BCUT2D eigenvalue weighted by atomic mass is 32.2. The quantitative estimate of drug-likeness (QED) is 0.626. The van der Waals surface area contributed by atoms with E-state index in [2.05, 4.69) is 10.0 Å². The van der Waals surface area contributed by atoms with E-state index in [1.54, 1.807) is 37.3 Å². The molecule has 0 aromatic heterocycles. The third kappa shape index (κ3) is 4.66. The normalized spacial score (nSPS) is 11.2. The molecule has 3 aromatic rings. The van der Waals surface area contributed by atoms with Crippen molar-refractivity contribution in [1.82, 2.24) is 0 Å². The Labute approximate surface area is 171 Å². The summed E-state index contributed by atoms with van der Waals surface area (Å²) in [4.78, 5) is 12.9. The first-order valence-electron chi connectivity index (χ1n) is 9.25. The van der Waals surface area contributed by atoms with Crippen LogP contribution < -0.4 is 10.0 Å². The third-order valence-corrected chi connectivity index (χ3v) is 6.39. The van der Waals surface area contributed by atoms with Gasteiger partial charge in [-0.1, -0.05) is 30.3 Å². The lowest BCUT2D eigenvalue weighted by Gasteiger charge is -2.13. The van der Waals surface area contributed by atoms with Gasteiger partial charge in [-0.15, -0.1) is 0 Å². The van der Waals surface area contributed by atoms with Crippen LogP contribution in [0.2, 0.25) is 0 Å². The van der Waals surface area contributed by atoms with Gasteiger partial charge in [0.1, 0.15) is 0 Å². The maximum absolute atomic E-state index is 12.8. The van der Waals surface area contributed by atoms with Gasteiger partial charge in [-0.05, 0) is 80.3 Å². The number of rotatable bonds is 5. The number of hydrogen-bond donors (Lipinski definition) is 2. The molecule has 0 aliphatic heterocycles. The fraction of sp³-hybridized carbons (Fsp3) is 0.174. The number of carbonyl (C=O) groups is 1. The zero-order valence-electron chi connectivity index (χ0n) is 16.9. The fourth-order valence-corrected chi connectivity index (χ4v) is 4.39. The number of benzene rings is 3. The molecule has 5 nitrogen and oxygen atoms in total. The molecule has 0 heterocycles. The minimum absolute atomic E-state index is 0.225. The highest BCUT2D eigenvalue weighted by Gasteiger charge is 2.18. The Morgan fingerprint density at radius 3 is 2.31 bits per heavy atom. The molecule has 0 fully saturated rings. The Bertz CT molecular complexity index is 1180. The molecule has 3 rings (SSSR count). The molecule has 0 saturated heterocycles. The van der Waals surface area contributed by atoms with Crippen molar-refractivity contribution in [1.29, 1.82) is 0 Å². The van der Waals surface area contributed by atoms with Gasteiger partial charge in [0.2, 0.25) is 0 Å². The van der Waals surface area contributed by atoms with Crippen LogP contribution in [0.15, 0.2) is 65.6 Å². The van der Waals surface area contributed by atoms with Gasteiger partial charge in [0, 0.05) is 16.9 Å². The molecule has 0 radical (unpaired) electrons. The predicted molar refractivity (Wildman–Crippen MR) is 117 cm³/mol. The lowest BCUT2D eigenvalue weighted by molar-refractivity contribution is 0.102.